The van der Waals surface area contributed by atoms with Crippen LogP contribution in [0.4, 0.5) is 8.78 Å². The zero-order valence-corrected chi connectivity index (χ0v) is 9.59. The van der Waals surface area contributed by atoms with Crippen molar-refractivity contribution in [2.45, 2.75) is 31.2 Å². The molecule has 17 heavy (non-hydrogen) atoms. The maximum atomic E-state index is 12.8. The van der Waals surface area contributed by atoms with Gasteiger partial charge in [0.05, 0.1) is 12.6 Å². The Hall–Kier alpha value is -0.750. The molecule has 1 amide bonds. The number of nitrogens with one attached hydrogen (secondary N) is 2. The Morgan fingerprint density at radius 3 is 2.94 bits per heavy atom. The Morgan fingerprint density at radius 1 is 1.47 bits per heavy atom. The van der Waals surface area contributed by atoms with Crippen LogP contribution in [-0.2, 0) is 4.79 Å². The van der Waals surface area contributed by atoms with Crippen LogP contribution in [0.1, 0.15) is 19.3 Å². The molecule has 0 aromatic rings. The number of fused-ring (bicyclic) bond motifs is 1. The van der Waals surface area contributed by atoms with Gasteiger partial charge in [-0.2, -0.15) is 0 Å². The molecule has 4 nitrogen and oxygen atoms in total. The number of hydrogen-bond acceptors (Lipinski definition) is 3. The third kappa shape index (κ3) is 2.74. The summed E-state index contributed by atoms with van der Waals surface area (Å²) in [5, 5.41) is 13.7. The molecule has 98 valence electrons. The molecule has 0 aromatic carbocycles. The van der Waals surface area contributed by atoms with Crippen molar-refractivity contribution in [3.8, 4) is 0 Å². The second kappa shape index (κ2) is 4.86. The Kier molecular flexibility index (Phi) is 3.63. The van der Waals surface area contributed by atoms with Crippen LogP contribution in [0.2, 0.25) is 0 Å². The molecule has 1 saturated carbocycles. The highest BCUT2D eigenvalue weighted by atomic mass is 19.3. The topological polar surface area (TPSA) is 61.4 Å². The minimum Gasteiger partial charge on any atom is -0.390 e. The van der Waals surface area contributed by atoms with Gasteiger partial charge in [-0.3, -0.25) is 4.79 Å². The number of aliphatic hydroxyl groups is 1. The van der Waals surface area contributed by atoms with E-state index in [1.54, 1.807) is 0 Å². The molecule has 1 aliphatic heterocycles. The van der Waals surface area contributed by atoms with Crippen molar-refractivity contribution in [1.29, 1.82) is 0 Å². The molecule has 3 unspecified atom stereocenters. The van der Waals surface area contributed by atoms with Crippen LogP contribution >= 0.6 is 0 Å². The summed E-state index contributed by atoms with van der Waals surface area (Å²) in [5.41, 5.74) is 0. The maximum Gasteiger partial charge on any atom is 0.287 e. The van der Waals surface area contributed by atoms with Gasteiger partial charge in [-0.05, 0) is 31.2 Å². The summed E-state index contributed by atoms with van der Waals surface area (Å²) < 4.78 is 25.6. The van der Waals surface area contributed by atoms with Gasteiger partial charge in [0.25, 0.3) is 5.92 Å². The van der Waals surface area contributed by atoms with E-state index in [1.165, 1.54) is 0 Å². The first-order chi connectivity index (χ1) is 8.03. The minimum absolute atomic E-state index is 0.290. The van der Waals surface area contributed by atoms with E-state index < -0.39 is 19.1 Å². The van der Waals surface area contributed by atoms with Crippen LogP contribution in [-0.4, -0.2) is 42.7 Å². The first kappa shape index (κ1) is 12.7. The Morgan fingerprint density at radius 2 is 2.24 bits per heavy atom. The summed E-state index contributed by atoms with van der Waals surface area (Å²) in [4.78, 5) is 11.8. The largest absolute Gasteiger partial charge is 0.390 e. The van der Waals surface area contributed by atoms with Crippen molar-refractivity contribution in [2.24, 2.45) is 11.8 Å². The number of hydrogen-bond donors (Lipinski definition) is 3. The van der Waals surface area contributed by atoms with Gasteiger partial charge >= 0.3 is 0 Å². The van der Waals surface area contributed by atoms with Gasteiger partial charge in [-0.15, -0.1) is 0 Å². The summed E-state index contributed by atoms with van der Waals surface area (Å²) >= 11 is 0. The highest BCUT2D eigenvalue weighted by Gasteiger charge is 2.42. The van der Waals surface area contributed by atoms with E-state index in [0.717, 1.165) is 25.8 Å². The molecule has 0 spiro atoms. The van der Waals surface area contributed by atoms with Crippen LogP contribution in [0.3, 0.4) is 0 Å². The first-order valence-electron chi connectivity index (χ1n) is 6.03. The lowest BCUT2D eigenvalue weighted by atomic mass is 9.93. The van der Waals surface area contributed by atoms with E-state index in [0.29, 0.717) is 5.92 Å². The number of rotatable bonds is 4. The van der Waals surface area contributed by atoms with Crippen LogP contribution in [0.5, 0.6) is 0 Å². The van der Waals surface area contributed by atoms with Crippen molar-refractivity contribution in [3.05, 3.63) is 0 Å². The Balaban J connectivity index is 1.84. The normalized spacial score (nSPS) is 32.5. The van der Waals surface area contributed by atoms with Gasteiger partial charge in [0.1, 0.15) is 6.61 Å². The molecular weight excluding hydrogens is 230 g/mol. The summed E-state index contributed by atoms with van der Waals surface area (Å²) in [6.07, 6.45) is 3.23. The predicted molar refractivity (Wildman–Crippen MR) is 57.7 cm³/mol. The molecule has 1 heterocycles. The van der Waals surface area contributed by atoms with Gasteiger partial charge < -0.3 is 15.7 Å². The van der Waals surface area contributed by atoms with Crippen molar-refractivity contribution in [1.82, 2.24) is 10.6 Å². The minimum atomic E-state index is -3.23. The SMILES string of the molecule is O=C(NCC(F)(F)CO)C1NCC2CCCC21. The lowest BCUT2D eigenvalue weighted by molar-refractivity contribution is -0.126. The number of halogens is 2. The maximum absolute atomic E-state index is 12.8. The lowest BCUT2D eigenvalue weighted by Crippen LogP contribution is -2.48. The average molecular weight is 248 g/mol. The summed E-state index contributed by atoms with van der Waals surface area (Å²) in [6.45, 7) is -1.23. The molecule has 3 atom stereocenters. The molecule has 2 fully saturated rings. The molecule has 0 radical (unpaired) electrons. The van der Waals surface area contributed by atoms with E-state index in [2.05, 4.69) is 10.6 Å². The summed E-state index contributed by atoms with van der Waals surface area (Å²) in [5.74, 6) is -2.79. The summed E-state index contributed by atoms with van der Waals surface area (Å²) in [6, 6.07) is -0.336. The van der Waals surface area contributed by atoms with Crippen molar-refractivity contribution in [3.63, 3.8) is 0 Å². The molecule has 0 bridgehead atoms. The monoisotopic (exact) mass is 248 g/mol. The number of aliphatic hydroxyl groups excluding tert-OH is 1. The highest BCUT2D eigenvalue weighted by molar-refractivity contribution is 5.82. The van der Waals surface area contributed by atoms with Gasteiger partial charge in [-0.1, -0.05) is 6.42 Å². The fraction of sp³-hybridized carbons (Fsp3) is 0.909. The Labute approximate surface area is 98.8 Å². The third-order valence-corrected chi connectivity index (χ3v) is 3.78. The standard InChI is InChI=1S/C11H18F2N2O2/c12-11(13,6-16)5-15-10(17)9-8-3-1-2-7(8)4-14-9/h7-9,14,16H,1-6H2,(H,15,17). The zero-order valence-electron chi connectivity index (χ0n) is 9.59. The lowest BCUT2D eigenvalue weighted by Gasteiger charge is -2.20. The van der Waals surface area contributed by atoms with Gasteiger partial charge in [0, 0.05) is 0 Å². The molecule has 3 N–H and O–H groups in total. The number of carbonyl (C=O) groups is 1. The summed E-state index contributed by atoms with van der Waals surface area (Å²) in [7, 11) is 0. The van der Waals surface area contributed by atoms with E-state index in [-0.39, 0.29) is 17.9 Å². The van der Waals surface area contributed by atoms with E-state index in [1.807, 2.05) is 0 Å². The molecule has 6 heteroatoms. The van der Waals surface area contributed by atoms with Crippen LogP contribution < -0.4 is 10.6 Å². The number of alkyl halides is 2. The van der Waals surface area contributed by atoms with Crippen molar-refractivity contribution >= 4 is 5.91 Å². The van der Waals surface area contributed by atoms with Crippen LogP contribution in [0.15, 0.2) is 0 Å². The van der Waals surface area contributed by atoms with Gasteiger partial charge in [0.15, 0.2) is 0 Å². The zero-order chi connectivity index (χ0) is 12.5. The quantitative estimate of drug-likeness (QED) is 0.662. The van der Waals surface area contributed by atoms with Gasteiger partial charge in [-0.25, -0.2) is 8.78 Å². The third-order valence-electron chi connectivity index (χ3n) is 3.78. The van der Waals surface area contributed by atoms with Crippen molar-refractivity contribution < 1.29 is 18.7 Å². The Bertz CT molecular complexity index is 299. The molecule has 2 rings (SSSR count). The molecular formula is C11H18F2N2O2. The van der Waals surface area contributed by atoms with E-state index >= 15 is 0 Å². The van der Waals surface area contributed by atoms with Gasteiger partial charge in [0.2, 0.25) is 5.91 Å². The first-order valence-corrected chi connectivity index (χ1v) is 6.03. The fourth-order valence-corrected chi connectivity index (χ4v) is 2.86. The predicted octanol–water partition coefficient (Wildman–Crippen LogP) is 0.118. The molecule has 2 aliphatic rings. The average Bonchev–Trinajstić information content (AvgIpc) is 2.87. The van der Waals surface area contributed by atoms with E-state index in [4.69, 9.17) is 5.11 Å². The van der Waals surface area contributed by atoms with Crippen LogP contribution in [0, 0.1) is 11.8 Å². The second-order valence-electron chi connectivity index (χ2n) is 4.97. The van der Waals surface area contributed by atoms with Crippen molar-refractivity contribution in [2.75, 3.05) is 19.7 Å². The second-order valence-corrected chi connectivity index (χ2v) is 4.97. The molecule has 1 aliphatic carbocycles. The molecule has 1 saturated heterocycles. The molecule has 0 aromatic heterocycles. The number of carbonyl (C=O) groups excluding carboxylic acids is 1. The number of amides is 1. The van der Waals surface area contributed by atoms with E-state index in [9.17, 15) is 13.6 Å². The van der Waals surface area contributed by atoms with Crippen LogP contribution in [0.25, 0.3) is 0 Å². The fourth-order valence-electron chi connectivity index (χ4n) is 2.86. The smallest absolute Gasteiger partial charge is 0.287 e. The highest BCUT2D eigenvalue weighted by Crippen LogP contribution is 2.37.